The summed E-state index contributed by atoms with van der Waals surface area (Å²) in [5.74, 6) is 0.0186. The molecular formula is C11H13ClFNO2S. The minimum Gasteiger partial charge on any atom is -0.367 e. The second-order valence-corrected chi connectivity index (χ2v) is 6.59. The van der Waals surface area contributed by atoms with E-state index in [-0.39, 0.29) is 23.2 Å². The van der Waals surface area contributed by atoms with E-state index in [1.165, 1.54) is 6.07 Å². The van der Waals surface area contributed by atoms with E-state index in [1.807, 2.05) is 0 Å². The summed E-state index contributed by atoms with van der Waals surface area (Å²) in [6.07, 6.45) is 0. The van der Waals surface area contributed by atoms with Crippen LogP contribution >= 0.6 is 11.6 Å². The molecule has 0 unspecified atom stereocenters. The molecule has 1 saturated heterocycles. The van der Waals surface area contributed by atoms with Crippen molar-refractivity contribution in [2.45, 2.75) is 5.88 Å². The van der Waals surface area contributed by atoms with Crippen LogP contribution in [0.1, 0.15) is 5.56 Å². The Balaban J connectivity index is 2.29. The van der Waals surface area contributed by atoms with Gasteiger partial charge in [-0.3, -0.25) is 0 Å². The van der Waals surface area contributed by atoms with Crippen molar-refractivity contribution in [3.8, 4) is 0 Å². The van der Waals surface area contributed by atoms with Crippen LogP contribution in [0.15, 0.2) is 18.2 Å². The van der Waals surface area contributed by atoms with E-state index < -0.39 is 9.84 Å². The fourth-order valence-electron chi connectivity index (χ4n) is 1.96. The summed E-state index contributed by atoms with van der Waals surface area (Å²) < 4.78 is 36.4. The van der Waals surface area contributed by atoms with E-state index in [2.05, 4.69) is 0 Å². The number of nitrogens with zero attached hydrogens (tertiary/aromatic N) is 1. The van der Waals surface area contributed by atoms with Gasteiger partial charge in [0.25, 0.3) is 0 Å². The second kappa shape index (κ2) is 4.82. The molecule has 1 aliphatic rings. The van der Waals surface area contributed by atoms with Crippen LogP contribution in [0.5, 0.6) is 0 Å². The lowest BCUT2D eigenvalue weighted by molar-refractivity contribution is 0.581. The fraction of sp³-hybridized carbons (Fsp3) is 0.455. The number of para-hydroxylation sites is 1. The van der Waals surface area contributed by atoms with Gasteiger partial charge in [-0.15, -0.1) is 11.6 Å². The molecule has 0 aliphatic carbocycles. The van der Waals surface area contributed by atoms with Gasteiger partial charge in [0.1, 0.15) is 5.82 Å². The Morgan fingerprint density at radius 2 is 1.94 bits per heavy atom. The number of sulfone groups is 1. The maximum Gasteiger partial charge on any atom is 0.153 e. The number of halogens is 2. The largest absolute Gasteiger partial charge is 0.367 e. The third kappa shape index (κ3) is 2.72. The molecule has 0 saturated carbocycles. The van der Waals surface area contributed by atoms with E-state index >= 15 is 0 Å². The zero-order chi connectivity index (χ0) is 12.5. The maximum absolute atomic E-state index is 13.8. The topological polar surface area (TPSA) is 37.4 Å². The van der Waals surface area contributed by atoms with Crippen LogP contribution in [0.2, 0.25) is 0 Å². The van der Waals surface area contributed by atoms with E-state index in [0.717, 1.165) is 0 Å². The van der Waals surface area contributed by atoms with Gasteiger partial charge in [0, 0.05) is 19.0 Å². The quantitative estimate of drug-likeness (QED) is 0.774. The number of anilines is 1. The van der Waals surface area contributed by atoms with Gasteiger partial charge >= 0.3 is 0 Å². The predicted molar refractivity (Wildman–Crippen MR) is 66.8 cm³/mol. The molecular weight excluding hydrogens is 265 g/mol. The van der Waals surface area contributed by atoms with Gasteiger partial charge in [-0.25, -0.2) is 12.8 Å². The maximum atomic E-state index is 13.8. The van der Waals surface area contributed by atoms with Gasteiger partial charge in [-0.2, -0.15) is 0 Å². The Kier molecular flexibility index (Phi) is 3.58. The standard InChI is InChI=1S/C11H13ClFNO2S/c12-8-9-2-1-3-10(13)11(9)14-4-6-17(15,16)7-5-14/h1-3H,4-8H2. The zero-order valence-electron chi connectivity index (χ0n) is 9.20. The van der Waals surface area contributed by atoms with E-state index in [0.29, 0.717) is 24.3 Å². The molecule has 3 nitrogen and oxygen atoms in total. The number of hydrogen-bond acceptors (Lipinski definition) is 3. The fourth-order valence-corrected chi connectivity index (χ4v) is 3.37. The van der Waals surface area contributed by atoms with Crippen molar-refractivity contribution in [3.05, 3.63) is 29.6 Å². The Morgan fingerprint density at radius 1 is 1.29 bits per heavy atom. The van der Waals surface area contributed by atoms with Crippen LogP contribution in [0.25, 0.3) is 0 Å². The van der Waals surface area contributed by atoms with E-state index in [9.17, 15) is 12.8 Å². The van der Waals surface area contributed by atoms with Crippen LogP contribution < -0.4 is 4.90 Å². The molecule has 17 heavy (non-hydrogen) atoms. The molecule has 1 aromatic rings. The first kappa shape index (κ1) is 12.6. The Bertz CT molecular complexity index is 504. The third-order valence-electron chi connectivity index (χ3n) is 2.87. The molecule has 2 rings (SSSR count). The van der Waals surface area contributed by atoms with Gasteiger partial charge in [-0.05, 0) is 11.6 Å². The average molecular weight is 278 g/mol. The minimum atomic E-state index is -2.95. The Hall–Kier alpha value is -0.810. The van der Waals surface area contributed by atoms with Crippen molar-refractivity contribution in [3.63, 3.8) is 0 Å². The highest BCUT2D eigenvalue weighted by Gasteiger charge is 2.24. The first-order chi connectivity index (χ1) is 8.03. The van der Waals surface area contributed by atoms with Gasteiger partial charge in [-0.1, -0.05) is 12.1 Å². The van der Waals surface area contributed by atoms with E-state index in [4.69, 9.17) is 11.6 Å². The van der Waals surface area contributed by atoms with Gasteiger partial charge < -0.3 is 4.90 Å². The number of benzene rings is 1. The molecule has 1 heterocycles. The lowest BCUT2D eigenvalue weighted by Gasteiger charge is -2.30. The molecule has 1 fully saturated rings. The summed E-state index contributed by atoms with van der Waals surface area (Å²) >= 11 is 5.77. The SMILES string of the molecule is O=S1(=O)CCN(c2c(F)cccc2CCl)CC1. The molecule has 0 amide bonds. The van der Waals surface area contributed by atoms with Crippen molar-refractivity contribution in [1.29, 1.82) is 0 Å². The Morgan fingerprint density at radius 3 is 2.53 bits per heavy atom. The normalized spacial score (nSPS) is 19.3. The lowest BCUT2D eigenvalue weighted by Crippen LogP contribution is -2.41. The van der Waals surface area contributed by atoms with Gasteiger partial charge in [0.2, 0.25) is 0 Å². The number of hydrogen-bond donors (Lipinski definition) is 0. The first-order valence-corrected chi connectivity index (χ1v) is 7.68. The van der Waals surface area contributed by atoms with Gasteiger partial charge in [0.15, 0.2) is 9.84 Å². The molecule has 94 valence electrons. The van der Waals surface area contributed by atoms with E-state index in [1.54, 1.807) is 17.0 Å². The summed E-state index contributed by atoms with van der Waals surface area (Å²) in [7, 11) is -2.95. The summed E-state index contributed by atoms with van der Waals surface area (Å²) in [4.78, 5) is 1.76. The Labute approximate surface area is 105 Å². The van der Waals surface area contributed by atoms with Crippen molar-refractivity contribution in [2.75, 3.05) is 29.5 Å². The smallest absolute Gasteiger partial charge is 0.153 e. The summed E-state index contributed by atoms with van der Waals surface area (Å²) in [5.41, 5.74) is 1.14. The van der Waals surface area contributed by atoms with Crippen LogP contribution in [0.3, 0.4) is 0 Å². The molecule has 0 N–H and O–H groups in total. The molecule has 6 heteroatoms. The molecule has 0 radical (unpaired) electrons. The predicted octanol–water partition coefficient (Wildman–Crippen LogP) is 1.80. The molecule has 0 bridgehead atoms. The minimum absolute atomic E-state index is 0.0725. The van der Waals surface area contributed by atoms with Crippen molar-refractivity contribution in [1.82, 2.24) is 0 Å². The van der Waals surface area contributed by atoms with Crippen LogP contribution in [-0.4, -0.2) is 33.0 Å². The molecule has 0 atom stereocenters. The molecule has 0 spiro atoms. The van der Waals surface area contributed by atoms with Crippen LogP contribution in [-0.2, 0) is 15.7 Å². The number of alkyl halides is 1. The summed E-state index contributed by atoms with van der Waals surface area (Å²) in [6.45, 7) is 0.653. The first-order valence-electron chi connectivity index (χ1n) is 5.32. The van der Waals surface area contributed by atoms with Crippen LogP contribution in [0.4, 0.5) is 10.1 Å². The van der Waals surface area contributed by atoms with Crippen molar-refractivity contribution < 1.29 is 12.8 Å². The van der Waals surface area contributed by atoms with Gasteiger partial charge in [0.05, 0.1) is 17.2 Å². The third-order valence-corrected chi connectivity index (χ3v) is 4.77. The average Bonchev–Trinajstić information content (AvgIpc) is 2.29. The van der Waals surface area contributed by atoms with Crippen molar-refractivity contribution in [2.24, 2.45) is 0 Å². The lowest BCUT2D eigenvalue weighted by atomic mass is 10.1. The van der Waals surface area contributed by atoms with Crippen molar-refractivity contribution >= 4 is 27.1 Å². The zero-order valence-corrected chi connectivity index (χ0v) is 10.8. The highest BCUT2D eigenvalue weighted by atomic mass is 35.5. The molecule has 1 aliphatic heterocycles. The monoisotopic (exact) mass is 277 g/mol. The van der Waals surface area contributed by atoms with Crippen LogP contribution in [0, 0.1) is 5.82 Å². The summed E-state index contributed by atoms with van der Waals surface area (Å²) in [5, 5.41) is 0. The molecule has 0 aromatic heterocycles. The highest BCUT2D eigenvalue weighted by molar-refractivity contribution is 7.91. The second-order valence-electron chi connectivity index (χ2n) is 4.02. The summed E-state index contributed by atoms with van der Waals surface area (Å²) in [6, 6.07) is 4.74. The highest BCUT2D eigenvalue weighted by Crippen LogP contribution is 2.27. The molecule has 1 aromatic carbocycles. The number of rotatable bonds is 2.